The van der Waals surface area contributed by atoms with E-state index < -0.39 is 0 Å². The molecular formula is C16H18ClN3O. The summed E-state index contributed by atoms with van der Waals surface area (Å²) in [6.45, 7) is 2.65. The van der Waals surface area contributed by atoms with Gasteiger partial charge in [0.2, 0.25) is 5.88 Å². The summed E-state index contributed by atoms with van der Waals surface area (Å²) in [5.41, 5.74) is 0. The molecular weight excluding hydrogens is 286 g/mol. The Labute approximate surface area is 129 Å². The lowest BCUT2D eigenvalue weighted by Crippen LogP contribution is -2.36. The minimum atomic E-state index is 0.561. The maximum Gasteiger partial charge on any atom is 0.213 e. The zero-order valence-corrected chi connectivity index (χ0v) is 12.5. The predicted octanol–water partition coefficient (Wildman–Crippen LogP) is 3.43. The molecule has 0 amide bonds. The van der Waals surface area contributed by atoms with E-state index in [-0.39, 0.29) is 0 Å². The predicted molar refractivity (Wildman–Crippen MR) is 83.9 cm³/mol. The molecule has 1 saturated heterocycles. The maximum absolute atomic E-state index is 6.20. The molecule has 3 heterocycles. The summed E-state index contributed by atoms with van der Waals surface area (Å²) in [5, 5.41) is 0.723. The van der Waals surface area contributed by atoms with Crippen LogP contribution in [0.3, 0.4) is 0 Å². The first kappa shape index (κ1) is 14.1. The lowest BCUT2D eigenvalue weighted by Gasteiger charge is -2.32. The zero-order chi connectivity index (χ0) is 14.5. The number of nitrogens with zero attached hydrogens (tertiary/aromatic N) is 3. The molecule has 0 aliphatic carbocycles. The summed E-state index contributed by atoms with van der Waals surface area (Å²) in [6, 6.07) is 9.47. The second kappa shape index (κ2) is 6.76. The number of piperidine rings is 1. The third-order valence-electron chi connectivity index (χ3n) is 3.76. The van der Waals surface area contributed by atoms with Gasteiger partial charge in [-0.25, -0.2) is 9.97 Å². The minimum absolute atomic E-state index is 0.561. The van der Waals surface area contributed by atoms with E-state index in [1.54, 1.807) is 12.4 Å². The van der Waals surface area contributed by atoms with Gasteiger partial charge in [-0.05, 0) is 37.0 Å². The topological polar surface area (TPSA) is 38.2 Å². The molecule has 5 heteroatoms. The van der Waals surface area contributed by atoms with Crippen LogP contribution in [0.1, 0.15) is 12.8 Å². The van der Waals surface area contributed by atoms with Gasteiger partial charge in [0.25, 0.3) is 0 Å². The molecule has 3 rings (SSSR count). The fraction of sp³-hybridized carbons (Fsp3) is 0.375. The summed E-state index contributed by atoms with van der Waals surface area (Å²) in [7, 11) is 0. The minimum Gasteiger partial charge on any atom is -0.477 e. The smallest absolute Gasteiger partial charge is 0.213 e. The highest BCUT2D eigenvalue weighted by molar-refractivity contribution is 6.32. The molecule has 0 spiro atoms. The van der Waals surface area contributed by atoms with E-state index in [4.69, 9.17) is 16.3 Å². The third-order valence-corrected chi connectivity index (χ3v) is 4.05. The van der Waals surface area contributed by atoms with Crippen LogP contribution >= 0.6 is 11.6 Å². The maximum atomic E-state index is 6.20. The summed E-state index contributed by atoms with van der Waals surface area (Å²) in [4.78, 5) is 10.8. The standard InChI is InChI=1S/C16H18ClN3O/c17-14-4-3-9-19-16(14)20-10-6-13(7-11-20)12-21-15-5-1-2-8-18-15/h1-5,8-9,13H,6-7,10-12H2. The fourth-order valence-electron chi connectivity index (χ4n) is 2.56. The van der Waals surface area contributed by atoms with E-state index in [0.29, 0.717) is 11.8 Å². The SMILES string of the molecule is Clc1cccnc1N1CCC(COc2ccccn2)CC1. The molecule has 0 N–H and O–H groups in total. The molecule has 2 aromatic heterocycles. The Morgan fingerprint density at radius 2 is 1.90 bits per heavy atom. The molecule has 1 aliphatic rings. The quantitative estimate of drug-likeness (QED) is 0.867. The number of pyridine rings is 2. The van der Waals surface area contributed by atoms with Crippen molar-refractivity contribution < 1.29 is 4.74 Å². The number of rotatable bonds is 4. The third kappa shape index (κ3) is 3.64. The van der Waals surface area contributed by atoms with Crippen molar-refractivity contribution in [3.8, 4) is 5.88 Å². The summed E-state index contributed by atoms with van der Waals surface area (Å²) >= 11 is 6.20. The van der Waals surface area contributed by atoms with Crippen LogP contribution in [0.4, 0.5) is 5.82 Å². The summed E-state index contributed by atoms with van der Waals surface area (Å²) in [6.07, 6.45) is 5.71. The number of halogens is 1. The molecule has 21 heavy (non-hydrogen) atoms. The second-order valence-electron chi connectivity index (χ2n) is 5.22. The van der Waals surface area contributed by atoms with Crippen LogP contribution in [0.25, 0.3) is 0 Å². The monoisotopic (exact) mass is 303 g/mol. The highest BCUT2D eigenvalue weighted by Crippen LogP contribution is 2.27. The van der Waals surface area contributed by atoms with Crippen LogP contribution in [0, 0.1) is 5.92 Å². The van der Waals surface area contributed by atoms with Crippen LogP contribution in [0.15, 0.2) is 42.7 Å². The molecule has 0 saturated carbocycles. The van der Waals surface area contributed by atoms with E-state index in [1.807, 2.05) is 30.3 Å². The first-order valence-electron chi connectivity index (χ1n) is 7.22. The van der Waals surface area contributed by atoms with Crippen molar-refractivity contribution in [3.63, 3.8) is 0 Å². The van der Waals surface area contributed by atoms with E-state index in [9.17, 15) is 0 Å². The van der Waals surface area contributed by atoms with Gasteiger partial charge in [-0.3, -0.25) is 0 Å². The van der Waals surface area contributed by atoms with Gasteiger partial charge in [0.1, 0.15) is 5.82 Å². The van der Waals surface area contributed by atoms with Gasteiger partial charge in [-0.2, -0.15) is 0 Å². The van der Waals surface area contributed by atoms with Gasteiger partial charge >= 0.3 is 0 Å². The van der Waals surface area contributed by atoms with Gasteiger partial charge in [0.15, 0.2) is 0 Å². The van der Waals surface area contributed by atoms with Crippen molar-refractivity contribution in [2.75, 3.05) is 24.6 Å². The Morgan fingerprint density at radius 1 is 1.10 bits per heavy atom. The molecule has 0 unspecified atom stereocenters. The van der Waals surface area contributed by atoms with E-state index in [2.05, 4.69) is 14.9 Å². The van der Waals surface area contributed by atoms with E-state index in [0.717, 1.165) is 43.4 Å². The van der Waals surface area contributed by atoms with Crippen LogP contribution in [0.2, 0.25) is 5.02 Å². The fourth-order valence-corrected chi connectivity index (χ4v) is 2.80. The zero-order valence-electron chi connectivity index (χ0n) is 11.8. The van der Waals surface area contributed by atoms with Crippen molar-refractivity contribution in [2.45, 2.75) is 12.8 Å². The van der Waals surface area contributed by atoms with Crippen molar-refractivity contribution in [2.24, 2.45) is 5.92 Å². The van der Waals surface area contributed by atoms with Gasteiger partial charge in [0, 0.05) is 31.5 Å². The van der Waals surface area contributed by atoms with Gasteiger partial charge in [0.05, 0.1) is 11.6 Å². The highest BCUT2D eigenvalue weighted by Gasteiger charge is 2.22. The van der Waals surface area contributed by atoms with Crippen molar-refractivity contribution in [1.82, 2.24) is 9.97 Å². The molecule has 2 aromatic rings. The molecule has 4 nitrogen and oxygen atoms in total. The lowest BCUT2D eigenvalue weighted by molar-refractivity contribution is 0.216. The first-order valence-corrected chi connectivity index (χ1v) is 7.60. The molecule has 0 radical (unpaired) electrons. The Kier molecular flexibility index (Phi) is 4.55. The van der Waals surface area contributed by atoms with Crippen molar-refractivity contribution in [3.05, 3.63) is 47.7 Å². The lowest BCUT2D eigenvalue weighted by atomic mass is 9.98. The van der Waals surface area contributed by atoms with Crippen LogP contribution in [-0.4, -0.2) is 29.7 Å². The highest BCUT2D eigenvalue weighted by atomic mass is 35.5. The molecule has 1 fully saturated rings. The van der Waals surface area contributed by atoms with Crippen LogP contribution in [-0.2, 0) is 0 Å². The average molecular weight is 304 g/mol. The first-order chi connectivity index (χ1) is 10.3. The molecule has 0 bridgehead atoms. The summed E-state index contributed by atoms with van der Waals surface area (Å²) < 4.78 is 5.74. The van der Waals surface area contributed by atoms with E-state index in [1.165, 1.54) is 0 Å². The Bertz CT molecular complexity index is 571. The summed E-state index contributed by atoms with van der Waals surface area (Å²) in [5.74, 6) is 2.15. The van der Waals surface area contributed by atoms with Crippen molar-refractivity contribution in [1.29, 1.82) is 0 Å². The van der Waals surface area contributed by atoms with Gasteiger partial charge in [-0.1, -0.05) is 17.7 Å². The number of ether oxygens (including phenoxy) is 1. The molecule has 0 atom stereocenters. The largest absolute Gasteiger partial charge is 0.477 e. The Hall–Kier alpha value is -1.81. The van der Waals surface area contributed by atoms with E-state index >= 15 is 0 Å². The van der Waals surface area contributed by atoms with Gasteiger partial charge in [-0.15, -0.1) is 0 Å². The molecule has 110 valence electrons. The second-order valence-corrected chi connectivity index (χ2v) is 5.63. The van der Waals surface area contributed by atoms with Crippen LogP contribution in [0.5, 0.6) is 5.88 Å². The number of aromatic nitrogens is 2. The molecule has 0 aromatic carbocycles. The van der Waals surface area contributed by atoms with Gasteiger partial charge < -0.3 is 9.64 Å². The number of hydrogen-bond donors (Lipinski definition) is 0. The van der Waals surface area contributed by atoms with Crippen LogP contribution < -0.4 is 9.64 Å². The molecule has 1 aliphatic heterocycles. The number of hydrogen-bond acceptors (Lipinski definition) is 4. The Morgan fingerprint density at radius 3 is 2.62 bits per heavy atom. The Balaban J connectivity index is 1.50. The van der Waals surface area contributed by atoms with Crippen molar-refractivity contribution >= 4 is 17.4 Å². The normalized spacial score (nSPS) is 16.0. The average Bonchev–Trinajstić information content (AvgIpc) is 2.55. The number of anilines is 1.